The Hall–Kier alpha value is -2.46. The summed E-state index contributed by atoms with van der Waals surface area (Å²) in [5.41, 5.74) is 0.644. The highest BCUT2D eigenvalue weighted by molar-refractivity contribution is 5.45. The fourth-order valence-electron chi connectivity index (χ4n) is 2.49. The molecule has 2 aromatic heterocycles. The molecule has 3 heterocycles. The number of rotatable bonds is 4. The van der Waals surface area contributed by atoms with Crippen LogP contribution in [0, 0.1) is 11.3 Å². The van der Waals surface area contributed by atoms with E-state index in [1.165, 1.54) is 0 Å². The lowest BCUT2D eigenvalue weighted by molar-refractivity contribution is 0.215. The third-order valence-corrected chi connectivity index (χ3v) is 3.76. The average molecular weight is 298 g/mol. The van der Waals surface area contributed by atoms with E-state index in [-0.39, 0.29) is 0 Å². The van der Waals surface area contributed by atoms with Crippen molar-refractivity contribution in [3.63, 3.8) is 0 Å². The molecule has 0 aromatic carbocycles. The molecule has 0 radical (unpaired) electrons. The van der Waals surface area contributed by atoms with Crippen molar-refractivity contribution < 1.29 is 4.52 Å². The number of nitriles is 1. The summed E-state index contributed by atoms with van der Waals surface area (Å²) in [6.07, 6.45) is 2.48. The van der Waals surface area contributed by atoms with E-state index in [0.717, 1.165) is 44.2 Å². The van der Waals surface area contributed by atoms with Crippen LogP contribution in [-0.4, -0.2) is 46.2 Å². The number of hydrogen-bond donors (Lipinski definition) is 0. The van der Waals surface area contributed by atoms with Crippen LogP contribution in [0.25, 0.3) is 0 Å². The Bertz CT molecular complexity index is 669. The van der Waals surface area contributed by atoms with Gasteiger partial charge in [-0.25, -0.2) is 4.98 Å². The Balaban J connectivity index is 1.57. The number of hydrogen-bond acceptors (Lipinski definition) is 7. The van der Waals surface area contributed by atoms with Crippen LogP contribution in [0.1, 0.15) is 24.2 Å². The van der Waals surface area contributed by atoms with Gasteiger partial charge in [0.15, 0.2) is 5.82 Å². The first-order chi connectivity index (χ1) is 10.8. The third-order valence-electron chi connectivity index (χ3n) is 3.76. The summed E-state index contributed by atoms with van der Waals surface area (Å²) in [4.78, 5) is 13.2. The molecule has 2 aromatic rings. The van der Waals surface area contributed by atoms with Crippen LogP contribution in [0.5, 0.6) is 0 Å². The molecule has 0 unspecified atom stereocenters. The van der Waals surface area contributed by atoms with E-state index in [0.29, 0.717) is 18.0 Å². The van der Waals surface area contributed by atoms with Crippen molar-refractivity contribution in [1.29, 1.82) is 5.26 Å². The lowest BCUT2D eigenvalue weighted by Crippen LogP contribution is -2.46. The minimum atomic E-state index is 0.644. The fourth-order valence-corrected chi connectivity index (χ4v) is 2.49. The highest BCUT2D eigenvalue weighted by Crippen LogP contribution is 2.15. The lowest BCUT2D eigenvalue weighted by atomic mass is 10.2. The zero-order valence-electron chi connectivity index (χ0n) is 12.6. The van der Waals surface area contributed by atoms with E-state index in [1.807, 2.05) is 13.0 Å². The van der Waals surface area contributed by atoms with Crippen LogP contribution in [0.15, 0.2) is 22.9 Å². The molecule has 0 atom stereocenters. The van der Waals surface area contributed by atoms with Gasteiger partial charge in [-0.1, -0.05) is 12.1 Å². The summed E-state index contributed by atoms with van der Waals surface area (Å²) in [7, 11) is 0. The van der Waals surface area contributed by atoms with Gasteiger partial charge in [0, 0.05) is 38.8 Å². The third kappa shape index (κ3) is 3.23. The first-order valence-corrected chi connectivity index (χ1v) is 7.43. The summed E-state index contributed by atoms with van der Waals surface area (Å²) < 4.78 is 5.24. The predicted octanol–water partition coefficient (Wildman–Crippen LogP) is 1.22. The Morgan fingerprint density at radius 1 is 1.32 bits per heavy atom. The summed E-state index contributed by atoms with van der Waals surface area (Å²) in [6, 6.07) is 5.71. The van der Waals surface area contributed by atoms with Gasteiger partial charge < -0.3 is 9.42 Å². The van der Waals surface area contributed by atoms with Crippen LogP contribution < -0.4 is 4.90 Å². The van der Waals surface area contributed by atoms with Gasteiger partial charge in [0.25, 0.3) is 0 Å². The number of aromatic nitrogens is 3. The molecule has 0 aliphatic carbocycles. The molecule has 7 nitrogen and oxygen atoms in total. The quantitative estimate of drug-likeness (QED) is 0.839. The van der Waals surface area contributed by atoms with Crippen molar-refractivity contribution in [3.05, 3.63) is 35.6 Å². The van der Waals surface area contributed by atoms with E-state index >= 15 is 0 Å². The van der Waals surface area contributed by atoms with E-state index in [4.69, 9.17) is 9.78 Å². The van der Waals surface area contributed by atoms with E-state index in [2.05, 4.69) is 31.0 Å². The van der Waals surface area contributed by atoms with Gasteiger partial charge in [-0.3, -0.25) is 4.90 Å². The Kier molecular flexibility index (Phi) is 4.30. The highest BCUT2D eigenvalue weighted by atomic mass is 16.5. The Morgan fingerprint density at radius 3 is 2.82 bits per heavy atom. The average Bonchev–Trinajstić information content (AvgIpc) is 3.03. The van der Waals surface area contributed by atoms with Gasteiger partial charge in [0.2, 0.25) is 5.89 Å². The van der Waals surface area contributed by atoms with Crippen LogP contribution in [-0.2, 0) is 13.0 Å². The van der Waals surface area contributed by atoms with Crippen molar-refractivity contribution in [3.8, 4) is 6.07 Å². The first kappa shape index (κ1) is 14.5. The smallest absolute Gasteiger partial charge is 0.240 e. The maximum absolute atomic E-state index is 8.96. The second-order valence-corrected chi connectivity index (χ2v) is 5.24. The van der Waals surface area contributed by atoms with Gasteiger partial charge in [-0.2, -0.15) is 10.2 Å². The number of nitrogens with zero attached hydrogens (tertiary/aromatic N) is 6. The predicted molar refractivity (Wildman–Crippen MR) is 80.1 cm³/mol. The van der Waals surface area contributed by atoms with E-state index < -0.39 is 0 Å². The van der Waals surface area contributed by atoms with Gasteiger partial charge in [-0.15, -0.1) is 0 Å². The van der Waals surface area contributed by atoms with Crippen molar-refractivity contribution in [2.75, 3.05) is 31.1 Å². The molecule has 0 spiro atoms. The lowest BCUT2D eigenvalue weighted by Gasteiger charge is -2.34. The number of pyridine rings is 1. The minimum absolute atomic E-state index is 0.644. The van der Waals surface area contributed by atoms with Crippen molar-refractivity contribution in [2.24, 2.45) is 0 Å². The zero-order valence-corrected chi connectivity index (χ0v) is 12.6. The number of piperazine rings is 1. The van der Waals surface area contributed by atoms with Crippen LogP contribution in [0.3, 0.4) is 0 Å². The molecule has 0 amide bonds. The first-order valence-electron chi connectivity index (χ1n) is 7.43. The Morgan fingerprint density at radius 2 is 2.14 bits per heavy atom. The fraction of sp³-hybridized carbons (Fsp3) is 0.467. The maximum Gasteiger partial charge on any atom is 0.240 e. The molecule has 1 fully saturated rings. The molecule has 1 saturated heterocycles. The molecule has 0 bridgehead atoms. The van der Waals surface area contributed by atoms with Crippen molar-refractivity contribution >= 4 is 5.82 Å². The molecule has 0 N–H and O–H groups in total. The summed E-state index contributed by atoms with van der Waals surface area (Å²) >= 11 is 0. The van der Waals surface area contributed by atoms with Gasteiger partial charge in [0.05, 0.1) is 18.2 Å². The SMILES string of the molecule is CCc1noc(CN2CCN(c3cc(C#N)ccn3)CC2)n1. The summed E-state index contributed by atoms with van der Waals surface area (Å²) in [6.45, 7) is 6.25. The topological polar surface area (TPSA) is 82.1 Å². The Labute approximate surface area is 129 Å². The van der Waals surface area contributed by atoms with Gasteiger partial charge in [0.1, 0.15) is 5.82 Å². The van der Waals surface area contributed by atoms with E-state index in [9.17, 15) is 0 Å². The molecule has 3 rings (SSSR count). The number of aryl methyl sites for hydroxylation is 1. The van der Waals surface area contributed by atoms with Crippen molar-refractivity contribution in [2.45, 2.75) is 19.9 Å². The van der Waals surface area contributed by atoms with E-state index in [1.54, 1.807) is 12.3 Å². The minimum Gasteiger partial charge on any atom is -0.354 e. The highest BCUT2D eigenvalue weighted by Gasteiger charge is 2.20. The van der Waals surface area contributed by atoms with Gasteiger partial charge >= 0.3 is 0 Å². The zero-order chi connectivity index (χ0) is 15.4. The molecule has 1 aliphatic rings. The van der Waals surface area contributed by atoms with Crippen molar-refractivity contribution in [1.82, 2.24) is 20.0 Å². The standard InChI is InChI=1S/C15H18N6O/c1-2-13-18-15(22-19-13)11-20-5-7-21(8-6-20)14-9-12(10-16)3-4-17-14/h3-4,9H,2,5-8,11H2,1H3. The number of anilines is 1. The normalized spacial score (nSPS) is 15.7. The molecule has 22 heavy (non-hydrogen) atoms. The van der Waals surface area contributed by atoms with Crippen LogP contribution in [0.4, 0.5) is 5.82 Å². The molecular formula is C15H18N6O. The second-order valence-electron chi connectivity index (χ2n) is 5.24. The van der Waals surface area contributed by atoms with Crippen LogP contribution in [0.2, 0.25) is 0 Å². The van der Waals surface area contributed by atoms with Gasteiger partial charge in [-0.05, 0) is 12.1 Å². The molecule has 114 valence electrons. The van der Waals surface area contributed by atoms with Crippen LogP contribution >= 0.6 is 0 Å². The summed E-state index contributed by atoms with van der Waals surface area (Å²) in [5.74, 6) is 2.30. The summed E-state index contributed by atoms with van der Waals surface area (Å²) in [5, 5.41) is 12.9. The molecule has 0 saturated carbocycles. The monoisotopic (exact) mass is 298 g/mol. The molecule has 7 heteroatoms. The largest absolute Gasteiger partial charge is 0.354 e. The molecule has 1 aliphatic heterocycles. The second kappa shape index (κ2) is 6.54. The maximum atomic E-state index is 8.96. The molecular weight excluding hydrogens is 280 g/mol.